The van der Waals surface area contributed by atoms with Gasteiger partial charge in [0.1, 0.15) is 23.6 Å². The predicted molar refractivity (Wildman–Crippen MR) is 119 cm³/mol. The van der Waals surface area contributed by atoms with Crippen molar-refractivity contribution in [2.45, 2.75) is 38.5 Å². The zero-order valence-corrected chi connectivity index (χ0v) is 18.6. The van der Waals surface area contributed by atoms with Gasteiger partial charge in [0.05, 0.1) is 6.07 Å². The summed E-state index contributed by atoms with van der Waals surface area (Å²) in [6.07, 6.45) is 3.34. The van der Waals surface area contributed by atoms with Gasteiger partial charge in [-0.1, -0.05) is 23.5 Å². The highest BCUT2D eigenvalue weighted by Crippen LogP contribution is 2.31. The molecule has 0 bridgehead atoms. The maximum atomic E-state index is 5.90. The Bertz CT molecular complexity index is 1150. The normalized spacial score (nSPS) is 14.8. The third kappa shape index (κ3) is 4.45. The molecule has 0 spiro atoms. The Balaban J connectivity index is 1.21. The Morgan fingerprint density at radius 2 is 1.97 bits per heavy atom. The molecule has 32 heavy (non-hydrogen) atoms. The Morgan fingerprint density at radius 1 is 1.16 bits per heavy atom. The van der Waals surface area contributed by atoms with Crippen molar-refractivity contribution in [2.24, 2.45) is 0 Å². The highest BCUT2D eigenvalue weighted by atomic mass is 32.1. The van der Waals surface area contributed by atoms with Crippen molar-refractivity contribution in [2.75, 3.05) is 18.0 Å². The number of ether oxygens (including phenoxy) is 1. The van der Waals surface area contributed by atoms with E-state index in [-0.39, 0.29) is 11.8 Å². The van der Waals surface area contributed by atoms with Crippen LogP contribution in [0.2, 0.25) is 0 Å². The van der Waals surface area contributed by atoms with E-state index < -0.39 is 0 Å². The van der Waals surface area contributed by atoms with E-state index in [0.717, 1.165) is 54.7 Å². The second-order valence-electron chi connectivity index (χ2n) is 7.95. The first-order valence-electron chi connectivity index (χ1n) is 10.5. The SMILES string of the molecule is CC(C)c1noc(C2CCN(c3[c]c(Oc4ccc(-c5csnn5)cc4)ncn3)CC2)n1. The molecule has 3 aromatic heterocycles. The van der Waals surface area contributed by atoms with Gasteiger partial charge in [-0.15, -0.1) is 5.10 Å². The van der Waals surface area contributed by atoms with E-state index in [9.17, 15) is 0 Å². The second kappa shape index (κ2) is 8.99. The number of benzene rings is 1. The molecule has 163 valence electrons. The van der Waals surface area contributed by atoms with Gasteiger partial charge in [0, 0.05) is 35.9 Å². The molecule has 4 heterocycles. The molecule has 1 saturated heterocycles. The van der Waals surface area contributed by atoms with Crippen molar-refractivity contribution in [3.8, 4) is 22.9 Å². The molecular weight excluding hydrogens is 426 g/mol. The molecule has 0 unspecified atom stereocenters. The molecule has 9 nitrogen and oxygen atoms in total. The number of hydrogen-bond donors (Lipinski definition) is 0. The predicted octanol–water partition coefficient (Wildman–Crippen LogP) is 4.48. The molecule has 1 aliphatic heterocycles. The van der Waals surface area contributed by atoms with E-state index in [1.54, 1.807) is 0 Å². The third-order valence-corrected chi connectivity index (χ3v) is 5.92. The van der Waals surface area contributed by atoms with Gasteiger partial charge in [-0.05, 0) is 48.6 Å². The summed E-state index contributed by atoms with van der Waals surface area (Å²) in [5.41, 5.74) is 1.84. The van der Waals surface area contributed by atoms with Crippen LogP contribution < -0.4 is 9.64 Å². The average molecular weight is 449 g/mol. The number of nitrogens with zero attached hydrogens (tertiary/aromatic N) is 7. The lowest BCUT2D eigenvalue weighted by Crippen LogP contribution is -2.33. The fourth-order valence-electron chi connectivity index (χ4n) is 3.59. The Kier molecular flexibility index (Phi) is 5.76. The summed E-state index contributed by atoms with van der Waals surface area (Å²) in [4.78, 5) is 15.3. The van der Waals surface area contributed by atoms with Crippen molar-refractivity contribution in [3.05, 3.63) is 53.8 Å². The number of aromatic nitrogens is 6. The van der Waals surface area contributed by atoms with Crippen molar-refractivity contribution >= 4 is 17.4 Å². The first-order chi connectivity index (χ1) is 15.7. The molecule has 5 rings (SSSR count). The fraction of sp³-hybridized carbons (Fsp3) is 0.364. The number of hydrogen-bond acceptors (Lipinski definition) is 10. The third-order valence-electron chi connectivity index (χ3n) is 5.42. The monoisotopic (exact) mass is 448 g/mol. The van der Waals surface area contributed by atoms with Crippen LogP contribution in [0.4, 0.5) is 5.82 Å². The lowest BCUT2D eigenvalue weighted by Gasteiger charge is -2.31. The Morgan fingerprint density at radius 3 is 2.66 bits per heavy atom. The number of piperidine rings is 1. The van der Waals surface area contributed by atoms with Crippen molar-refractivity contribution in [1.29, 1.82) is 0 Å². The largest absolute Gasteiger partial charge is 0.438 e. The standard InChI is InChI=1S/C22H22N7O2S/c1-14(2)21-25-22(31-27-21)16-7-9-29(10-8-16)19-11-20(24-13-23-19)30-17-5-3-15(4-6-17)18-12-32-28-26-18/h3-6,12-14,16H,7-10H2,1-2H3. The molecule has 10 heteroatoms. The zero-order valence-electron chi connectivity index (χ0n) is 17.8. The van der Waals surface area contributed by atoms with Crippen molar-refractivity contribution in [1.82, 2.24) is 29.7 Å². The highest BCUT2D eigenvalue weighted by molar-refractivity contribution is 7.03. The van der Waals surface area contributed by atoms with Crippen LogP contribution in [0, 0.1) is 6.07 Å². The first-order valence-corrected chi connectivity index (χ1v) is 11.4. The first kappa shape index (κ1) is 20.5. The topological polar surface area (TPSA) is 103 Å². The molecule has 1 radical (unpaired) electrons. The van der Waals surface area contributed by atoms with E-state index in [1.165, 1.54) is 17.9 Å². The van der Waals surface area contributed by atoms with E-state index in [0.29, 0.717) is 11.6 Å². The quantitative estimate of drug-likeness (QED) is 0.422. The van der Waals surface area contributed by atoms with Crippen LogP contribution in [0.15, 0.2) is 40.5 Å². The summed E-state index contributed by atoms with van der Waals surface area (Å²) in [6.45, 7) is 5.78. The molecular formula is C22H22N7O2S. The van der Waals surface area contributed by atoms with E-state index in [2.05, 4.69) is 54.5 Å². The van der Waals surface area contributed by atoms with Crippen molar-refractivity contribution < 1.29 is 9.26 Å². The van der Waals surface area contributed by atoms with Gasteiger partial charge in [-0.25, -0.2) is 9.97 Å². The van der Waals surface area contributed by atoms with Crippen molar-refractivity contribution in [3.63, 3.8) is 0 Å². The maximum Gasteiger partial charge on any atom is 0.232 e. The van der Waals surface area contributed by atoms with Gasteiger partial charge in [-0.3, -0.25) is 0 Å². The molecule has 0 atom stereocenters. The number of anilines is 1. The highest BCUT2D eigenvalue weighted by Gasteiger charge is 2.26. The molecule has 0 aliphatic carbocycles. The molecule has 0 saturated carbocycles. The second-order valence-corrected chi connectivity index (χ2v) is 8.56. The smallest absolute Gasteiger partial charge is 0.232 e. The van der Waals surface area contributed by atoms with Gasteiger partial charge < -0.3 is 14.2 Å². The van der Waals surface area contributed by atoms with Gasteiger partial charge in [0.25, 0.3) is 0 Å². The van der Waals surface area contributed by atoms with Crippen LogP contribution in [-0.2, 0) is 0 Å². The van der Waals surface area contributed by atoms with Crippen LogP contribution in [-0.4, -0.2) is 42.8 Å². The molecule has 1 aliphatic rings. The minimum atomic E-state index is 0.266. The molecule has 0 N–H and O–H groups in total. The van der Waals surface area contributed by atoms with Crippen LogP contribution >= 0.6 is 11.5 Å². The maximum absolute atomic E-state index is 5.90. The van der Waals surface area contributed by atoms with Gasteiger partial charge in [0.15, 0.2) is 5.82 Å². The minimum Gasteiger partial charge on any atom is -0.438 e. The van der Waals surface area contributed by atoms with Crippen LogP contribution in [0.3, 0.4) is 0 Å². The molecule has 0 amide bonds. The zero-order chi connectivity index (χ0) is 21.9. The van der Waals surface area contributed by atoms with Gasteiger partial charge in [0.2, 0.25) is 11.8 Å². The summed E-state index contributed by atoms with van der Waals surface area (Å²) < 4.78 is 15.3. The van der Waals surface area contributed by atoms with E-state index >= 15 is 0 Å². The molecule has 4 aromatic rings. The molecule has 1 fully saturated rings. The molecule has 1 aromatic carbocycles. The Labute approximate surface area is 189 Å². The number of rotatable bonds is 6. The summed E-state index contributed by atoms with van der Waals surface area (Å²) in [7, 11) is 0. The van der Waals surface area contributed by atoms with Crippen LogP contribution in [0.5, 0.6) is 11.6 Å². The Hall–Kier alpha value is -3.40. The van der Waals surface area contributed by atoms with Gasteiger partial charge >= 0.3 is 0 Å². The van der Waals surface area contributed by atoms with E-state index in [1.807, 2.05) is 29.6 Å². The van der Waals surface area contributed by atoms with E-state index in [4.69, 9.17) is 9.26 Å². The fourth-order valence-corrected chi connectivity index (χ4v) is 4.06. The lowest BCUT2D eigenvalue weighted by molar-refractivity contribution is 0.325. The summed E-state index contributed by atoms with van der Waals surface area (Å²) in [5.74, 6) is 3.84. The summed E-state index contributed by atoms with van der Waals surface area (Å²) >= 11 is 1.33. The minimum absolute atomic E-state index is 0.266. The van der Waals surface area contributed by atoms with Crippen LogP contribution in [0.25, 0.3) is 11.3 Å². The summed E-state index contributed by atoms with van der Waals surface area (Å²) in [5, 5.41) is 10.1. The average Bonchev–Trinajstić information content (AvgIpc) is 3.53. The lowest BCUT2D eigenvalue weighted by atomic mass is 9.97. The summed E-state index contributed by atoms with van der Waals surface area (Å²) in [6, 6.07) is 10.8. The van der Waals surface area contributed by atoms with Gasteiger partial charge in [-0.2, -0.15) is 4.98 Å². The van der Waals surface area contributed by atoms with Crippen LogP contribution in [0.1, 0.15) is 50.2 Å².